The summed E-state index contributed by atoms with van der Waals surface area (Å²) in [5, 5.41) is 3.27. The van der Waals surface area contributed by atoms with Crippen LogP contribution in [0.3, 0.4) is 0 Å². The number of hydrogen-bond acceptors (Lipinski definition) is 4. The van der Waals surface area contributed by atoms with Gasteiger partial charge in [-0.15, -0.1) is 0 Å². The molecule has 16 heavy (non-hydrogen) atoms. The number of carbonyl (C=O) groups excluding carboxylic acids is 1. The van der Waals surface area contributed by atoms with Gasteiger partial charge in [0.05, 0.1) is 6.61 Å². The maximum atomic E-state index is 11.7. The second kappa shape index (κ2) is 6.86. The second-order valence-electron chi connectivity index (χ2n) is 4.81. The summed E-state index contributed by atoms with van der Waals surface area (Å²) < 4.78 is 5.27. The topological polar surface area (TPSA) is 41.6 Å². The van der Waals surface area contributed by atoms with Gasteiger partial charge in [0, 0.05) is 26.2 Å². The number of ether oxygens (including phenoxy) is 1. The lowest BCUT2D eigenvalue weighted by Gasteiger charge is -2.31. The van der Waals surface area contributed by atoms with Gasteiger partial charge in [-0.3, -0.25) is 9.69 Å². The van der Waals surface area contributed by atoms with E-state index in [0.29, 0.717) is 12.5 Å². The molecule has 0 aromatic heterocycles. The number of carbonyl (C=O) groups is 1. The van der Waals surface area contributed by atoms with Crippen molar-refractivity contribution in [1.82, 2.24) is 10.2 Å². The van der Waals surface area contributed by atoms with Crippen LogP contribution in [0, 0.1) is 5.92 Å². The standard InChI is InChI=1S/C12H24N2O2/c1-10(2)4-9-16-12(15)11(3)14-7-5-13-6-8-14/h10-11,13H,4-9H2,1-3H3. The van der Waals surface area contributed by atoms with Gasteiger partial charge in [0.15, 0.2) is 0 Å². The van der Waals surface area contributed by atoms with Crippen molar-refractivity contribution < 1.29 is 9.53 Å². The highest BCUT2D eigenvalue weighted by Crippen LogP contribution is 2.05. The molecule has 1 N–H and O–H groups in total. The smallest absolute Gasteiger partial charge is 0.323 e. The number of nitrogens with one attached hydrogen (secondary N) is 1. The Balaban J connectivity index is 2.23. The Labute approximate surface area is 98.3 Å². The van der Waals surface area contributed by atoms with Crippen molar-refractivity contribution in [2.45, 2.75) is 33.2 Å². The van der Waals surface area contributed by atoms with E-state index in [-0.39, 0.29) is 12.0 Å². The van der Waals surface area contributed by atoms with E-state index in [1.165, 1.54) is 0 Å². The monoisotopic (exact) mass is 228 g/mol. The number of nitrogens with zero attached hydrogens (tertiary/aromatic N) is 1. The van der Waals surface area contributed by atoms with Crippen LogP contribution in [0.2, 0.25) is 0 Å². The normalized spacial score (nSPS) is 19.8. The molecule has 0 spiro atoms. The number of hydrogen-bond donors (Lipinski definition) is 1. The summed E-state index contributed by atoms with van der Waals surface area (Å²) in [5.74, 6) is 0.504. The highest BCUT2D eigenvalue weighted by Gasteiger charge is 2.23. The molecule has 1 fully saturated rings. The Morgan fingerprint density at radius 1 is 1.31 bits per heavy atom. The van der Waals surface area contributed by atoms with Gasteiger partial charge in [0.2, 0.25) is 0 Å². The molecule has 1 aliphatic rings. The summed E-state index contributed by atoms with van der Waals surface area (Å²) in [5.41, 5.74) is 0. The van der Waals surface area contributed by atoms with E-state index in [1.807, 2.05) is 6.92 Å². The second-order valence-corrected chi connectivity index (χ2v) is 4.81. The lowest BCUT2D eigenvalue weighted by Crippen LogP contribution is -2.50. The summed E-state index contributed by atoms with van der Waals surface area (Å²) in [6.45, 7) is 10.5. The van der Waals surface area contributed by atoms with Gasteiger partial charge in [-0.2, -0.15) is 0 Å². The van der Waals surface area contributed by atoms with E-state index >= 15 is 0 Å². The molecule has 0 saturated carbocycles. The number of rotatable bonds is 5. The van der Waals surface area contributed by atoms with Crippen LogP contribution in [0.1, 0.15) is 27.2 Å². The highest BCUT2D eigenvalue weighted by molar-refractivity contribution is 5.75. The van der Waals surface area contributed by atoms with Crippen LogP contribution in [0.15, 0.2) is 0 Å². The van der Waals surface area contributed by atoms with Crippen LogP contribution in [0.25, 0.3) is 0 Å². The van der Waals surface area contributed by atoms with Crippen molar-refractivity contribution in [2.24, 2.45) is 5.92 Å². The fraction of sp³-hybridized carbons (Fsp3) is 0.917. The minimum atomic E-state index is -0.103. The zero-order valence-corrected chi connectivity index (χ0v) is 10.7. The van der Waals surface area contributed by atoms with Gasteiger partial charge in [0.1, 0.15) is 6.04 Å². The predicted octanol–water partition coefficient (Wildman–Crippen LogP) is 0.869. The number of esters is 1. The van der Waals surface area contributed by atoms with E-state index in [2.05, 4.69) is 24.1 Å². The molecule has 4 nitrogen and oxygen atoms in total. The summed E-state index contributed by atoms with van der Waals surface area (Å²) in [7, 11) is 0. The van der Waals surface area contributed by atoms with Crippen LogP contribution in [-0.4, -0.2) is 49.7 Å². The van der Waals surface area contributed by atoms with Crippen molar-refractivity contribution in [3.63, 3.8) is 0 Å². The van der Waals surface area contributed by atoms with E-state index in [0.717, 1.165) is 32.6 Å². The minimum absolute atomic E-state index is 0.0810. The van der Waals surface area contributed by atoms with Gasteiger partial charge in [-0.1, -0.05) is 13.8 Å². The van der Waals surface area contributed by atoms with E-state index in [9.17, 15) is 4.79 Å². The average Bonchev–Trinajstić information content (AvgIpc) is 2.28. The van der Waals surface area contributed by atoms with E-state index in [4.69, 9.17) is 4.74 Å². The van der Waals surface area contributed by atoms with Crippen LogP contribution < -0.4 is 5.32 Å². The maximum absolute atomic E-state index is 11.7. The van der Waals surface area contributed by atoms with Crippen LogP contribution in [-0.2, 0) is 9.53 Å². The Morgan fingerprint density at radius 3 is 2.50 bits per heavy atom. The third kappa shape index (κ3) is 4.49. The van der Waals surface area contributed by atoms with Gasteiger partial charge in [-0.05, 0) is 19.3 Å². The molecule has 0 aromatic carbocycles. The van der Waals surface area contributed by atoms with Crippen molar-refractivity contribution in [3.8, 4) is 0 Å². The fourth-order valence-corrected chi connectivity index (χ4v) is 1.73. The quantitative estimate of drug-likeness (QED) is 0.709. The Morgan fingerprint density at radius 2 is 1.94 bits per heavy atom. The molecule has 0 amide bonds. The third-order valence-corrected chi connectivity index (χ3v) is 2.98. The Bertz CT molecular complexity index is 213. The predicted molar refractivity (Wildman–Crippen MR) is 64.3 cm³/mol. The molecular weight excluding hydrogens is 204 g/mol. The minimum Gasteiger partial charge on any atom is -0.465 e. The molecule has 94 valence electrons. The SMILES string of the molecule is CC(C)CCOC(=O)C(C)N1CCNCC1. The third-order valence-electron chi connectivity index (χ3n) is 2.98. The summed E-state index contributed by atoms with van der Waals surface area (Å²) in [6.07, 6.45) is 0.944. The van der Waals surface area contributed by atoms with Crippen LogP contribution in [0.4, 0.5) is 0 Å². The molecule has 0 radical (unpaired) electrons. The Kier molecular flexibility index (Phi) is 5.77. The maximum Gasteiger partial charge on any atom is 0.323 e. The first kappa shape index (κ1) is 13.5. The lowest BCUT2D eigenvalue weighted by molar-refractivity contribution is -0.149. The number of piperazine rings is 1. The van der Waals surface area contributed by atoms with Crippen molar-refractivity contribution in [1.29, 1.82) is 0 Å². The first-order valence-corrected chi connectivity index (χ1v) is 6.22. The zero-order chi connectivity index (χ0) is 12.0. The molecule has 0 bridgehead atoms. The van der Waals surface area contributed by atoms with E-state index in [1.54, 1.807) is 0 Å². The van der Waals surface area contributed by atoms with Crippen molar-refractivity contribution in [3.05, 3.63) is 0 Å². The molecule has 0 aromatic rings. The summed E-state index contributed by atoms with van der Waals surface area (Å²) in [6, 6.07) is -0.103. The lowest BCUT2D eigenvalue weighted by atomic mass is 10.1. The molecule has 1 unspecified atom stereocenters. The molecule has 1 atom stereocenters. The fourth-order valence-electron chi connectivity index (χ4n) is 1.73. The molecular formula is C12H24N2O2. The van der Waals surface area contributed by atoms with Gasteiger partial charge in [-0.25, -0.2) is 0 Å². The Hall–Kier alpha value is -0.610. The first-order valence-electron chi connectivity index (χ1n) is 6.22. The molecule has 1 aliphatic heterocycles. The van der Waals surface area contributed by atoms with Crippen LogP contribution in [0.5, 0.6) is 0 Å². The zero-order valence-electron chi connectivity index (χ0n) is 10.7. The van der Waals surface area contributed by atoms with Crippen molar-refractivity contribution >= 4 is 5.97 Å². The molecule has 1 saturated heterocycles. The molecule has 0 aliphatic carbocycles. The average molecular weight is 228 g/mol. The summed E-state index contributed by atoms with van der Waals surface area (Å²) in [4.78, 5) is 13.9. The van der Waals surface area contributed by atoms with Crippen LogP contribution >= 0.6 is 0 Å². The molecule has 1 rings (SSSR count). The van der Waals surface area contributed by atoms with Gasteiger partial charge >= 0.3 is 5.97 Å². The highest BCUT2D eigenvalue weighted by atomic mass is 16.5. The summed E-state index contributed by atoms with van der Waals surface area (Å²) >= 11 is 0. The van der Waals surface area contributed by atoms with Crippen molar-refractivity contribution in [2.75, 3.05) is 32.8 Å². The van der Waals surface area contributed by atoms with E-state index < -0.39 is 0 Å². The van der Waals surface area contributed by atoms with Gasteiger partial charge in [0.25, 0.3) is 0 Å². The molecule has 1 heterocycles. The molecule has 4 heteroatoms. The van der Waals surface area contributed by atoms with Gasteiger partial charge < -0.3 is 10.1 Å². The largest absolute Gasteiger partial charge is 0.465 e. The first-order chi connectivity index (χ1) is 7.61.